The average molecular weight is 222 g/mol. The molecular formula is C15H26O. The SMILES string of the molecule is CC1=C2CC[C@H](C)[C@H]2C[C@@H](C(C)(C)O)CC1. The lowest BCUT2D eigenvalue weighted by Gasteiger charge is -2.31. The van der Waals surface area contributed by atoms with Crippen LogP contribution in [0.5, 0.6) is 0 Å². The number of rotatable bonds is 1. The summed E-state index contributed by atoms with van der Waals surface area (Å²) < 4.78 is 0. The van der Waals surface area contributed by atoms with E-state index in [1.54, 1.807) is 11.1 Å². The largest absolute Gasteiger partial charge is 0.390 e. The normalized spacial score (nSPS) is 36.2. The van der Waals surface area contributed by atoms with Gasteiger partial charge in [0.2, 0.25) is 0 Å². The molecule has 16 heavy (non-hydrogen) atoms. The highest BCUT2D eigenvalue weighted by Crippen LogP contribution is 2.47. The lowest BCUT2D eigenvalue weighted by Crippen LogP contribution is -2.32. The van der Waals surface area contributed by atoms with Crippen molar-refractivity contribution in [2.24, 2.45) is 17.8 Å². The summed E-state index contributed by atoms with van der Waals surface area (Å²) in [6.45, 7) is 8.67. The molecule has 0 radical (unpaired) electrons. The van der Waals surface area contributed by atoms with E-state index in [9.17, 15) is 5.11 Å². The number of allylic oxidation sites excluding steroid dienone is 2. The standard InChI is InChI=1S/C15H26O/c1-10-5-7-12(15(3,4)16)9-14-11(2)6-8-13(10)14/h11-12,14,16H,5-9H2,1-4H3/t11-,12-,14+/m0/s1. The van der Waals surface area contributed by atoms with E-state index in [0.717, 1.165) is 11.8 Å². The predicted octanol–water partition coefficient (Wildman–Crippen LogP) is 3.92. The van der Waals surface area contributed by atoms with E-state index < -0.39 is 5.60 Å². The Hall–Kier alpha value is -0.300. The Balaban J connectivity index is 2.21. The minimum absolute atomic E-state index is 0.477. The van der Waals surface area contributed by atoms with Gasteiger partial charge < -0.3 is 5.11 Å². The van der Waals surface area contributed by atoms with Crippen molar-refractivity contribution < 1.29 is 5.11 Å². The summed E-state index contributed by atoms with van der Waals surface area (Å²) in [6, 6.07) is 0. The van der Waals surface area contributed by atoms with Crippen LogP contribution in [0.3, 0.4) is 0 Å². The topological polar surface area (TPSA) is 20.2 Å². The maximum absolute atomic E-state index is 10.2. The number of hydrogen-bond donors (Lipinski definition) is 1. The lowest BCUT2D eigenvalue weighted by molar-refractivity contribution is 0.00398. The highest BCUT2D eigenvalue weighted by Gasteiger charge is 2.37. The van der Waals surface area contributed by atoms with Crippen LogP contribution in [0, 0.1) is 17.8 Å². The molecule has 3 atom stereocenters. The Bertz CT molecular complexity index is 295. The zero-order valence-corrected chi connectivity index (χ0v) is 11.2. The van der Waals surface area contributed by atoms with E-state index in [2.05, 4.69) is 13.8 Å². The van der Waals surface area contributed by atoms with Gasteiger partial charge in [-0.3, -0.25) is 0 Å². The second kappa shape index (κ2) is 4.18. The molecule has 1 heteroatoms. The molecule has 0 aromatic carbocycles. The summed E-state index contributed by atoms with van der Waals surface area (Å²) >= 11 is 0. The van der Waals surface area contributed by atoms with Crippen molar-refractivity contribution >= 4 is 0 Å². The maximum Gasteiger partial charge on any atom is 0.0620 e. The van der Waals surface area contributed by atoms with E-state index in [1.807, 2.05) is 13.8 Å². The minimum atomic E-state index is -0.502. The fourth-order valence-corrected chi connectivity index (χ4v) is 3.63. The second-order valence-corrected chi connectivity index (χ2v) is 6.55. The van der Waals surface area contributed by atoms with Gasteiger partial charge >= 0.3 is 0 Å². The van der Waals surface area contributed by atoms with Gasteiger partial charge in [-0.05, 0) is 70.6 Å². The fraction of sp³-hybridized carbons (Fsp3) is 0.867. The summed E-state index contributed by atoms with van der Waals surface area (Å²) in [4.78, 5) is 0. The minimum Gasteiger partial charge on any atom is -0.390 e. The maximum atomic E-state index is 10.2. The molecule has 1 saturated carbocycles. The third-order valence-electron chi connectivity index (χ3n) is 4.96. The van der Waals surface area contributed by atoms with Crippen molar-refractivity contribution in [3.63, 3.8) is 0 Å². The molecule has 0 spiro atoms. The van der Waals surface area contributed by atoms with Crippen LogP contribution in [0.2, 0.25) is 0 Å². The van der Waals surface area contributed by atoms with Crippen LogP contribution in [0.25, 0.3) is 0 Å². The summed E-state index contributed by atoms with van der Waals surface area (Å²) in [5.41, 5.74) is 2.86. The predicted molar refractivity (Wildman–Crippen MR) is 68.2 cm³/mol. The fourth-order valence-electron chi connectivity index (χ4n) is 3.63. The first-order valence-corrected chi connectivity index (χ1v) is 6.80. The average Bonchev–Trinajstić information content (AvgIpc) is 2.42. The van der Waals surface area contributed by atoms with Crippen LogP contribution >= 0.6 is 0 Å². The molecule has 0 saturated heterocycles. The zero-order valence-electron chi connectivity index (χ0n) is 11.2. The Morgan fingerprint density at radius 1 is 1.19 bits per heavy atom. The number of fused-ring (bicyclic) bond motifs is 1. The molecule has 0 aliphatic heterocycles. The molecular weight excluding hydrogens is 196 g/mol. The van der Waals surface area contributed by atoms with Crippen LogP contribution in [-0.2, 0) is 0 Å². The first kappa shape index (κ1) is 12.2. The van der Waals surface area contributed by atoms with Gasteiger partial charge in [-0.1, -0.05) is 18.1 Å². The molecule has 0 unspecified atom stereocenters. The Labute approximate surface area is 99.9 Å². The smallest absolute Gasteiger partial charge is 0.0620 e. The Morgan fingerprint density at radius 3 is 2.50 bits per heavy atom. The second-order valence-electron chi connectivity index (χ2n) is 6.55. The van der Waals surface area contributed by atoms with Crippen molar-refractivity contribution in [2.45, 2.75) is 65.4 Å². The van der Waals surface area contributed by atoms with Crippen molar-refractivity contribution in [2.75, 3.05) is 0 Å². The molecule has 2 aliphatic rings. The van der Waals surface area contributed by atoms with Crippen molar-refractivity contribution in [3.05, 3.63) is 11.1 Å². The van der Waals surface area contributed by atoms with Crippen LogP contribution in [0.15, 0.2) is 11.1 Å². The summed E-state index contributed by atoms with van der Waals surface area (Å²) in [6.07, 6.45) is 6.25. The lowest BCUT2D eigenvalue weighted by atomic mass is 9.79. The molecule has 0 heterocycles. The molecule has 1 N–H and O–H groups in total. The van der Waals surface area contributed by atoms with Crippen molar-refractivity contribution in [1.82, 2.24) is 0 Å². The summed E-state index contributed by atoms with van der Waals surface area (Å²) in [7, 11) is 0. The third-order valence-corrected chi connectivity index (χ3v) is 4.96. The molecule has 0 aromatic rings. The van der Waals surface area contributed by atoms with Crippen LogP contribution in [0.4, 0.5) is 0 Å². The molecule has 2 aliphatic carbocycles. The molecule has 1 fully saturated rings. The first-order valence-electron chi connectivity index (χ1n) is 6.80. The van der Waals surface area contributed by atoms with Gasteiger partial charge in [0.05, 0.1) is 5.60 Å². The molecule has 92 valence electrons. The van der Waals surface area contributed by atoms with Gasteiger partial charge in [0.1, 0.15) is 0 Å². The summed E-state index contributed by atoms with van der Waals surface area (Å²) in [5, 5.41) is 10.2. The highest BCUT2D eigenvalue weighted by molar-refractivity contribution is 5.22. The molecule has 0 aromatic heterocycles. The van der Waals surface area contributed by atoms with E-state index >= 15 is 0 Å². The first-order chi connectivity index (χ1) is 7.39. The van der Waals surface area contributed by atoms with Gasteiger partial charge in [-0.15, -0.1) is 0 Å². The number of hydrogen-bond acceptors (Lipinski definition) is 1. The van der Waals surface area contributed by atoms with E-state index in [1.165, 1.54) is 32.1 Å². The van der Waals surface area contributed by atoms with Crippen molar-refractivity contribution in [3.8, 4) is 0 Å². The molecule has 0 bridgehead atoms. The van der Waals surface area contributed by atoms with Gasteiger partial charge in [0.25, 0.3) is 0 Å². The van der Waals surface area contributed by atoms with Gasteiger partial charge in [0.15, 0.2) is 0 Å². The Kier molecular flexibility index (Phi) is 3.18. The van der Waals surface area contributed by atoms with Gasteiger partial charge in [-0.2, -0.15) is 0 Å². The Morgan fingerprint density at radius 2 is 1.88 bits per heavy atom. The monoisotopic (exact) mass is 222 g/mol. The molecule has 1 nitrogen and oxygen atoms in total. The van der Waals surface area contributed by atoms with Crippen LogP contribution in [0.1, 0.15) is 59.8 Å². The molecule has 0 amide bonds. The van der Waals surface area contributed by atoms with Gasteiger partial charge in [-0.25, -0.2) is 0 Å². The van der Waals surface area contributed by atoms with Crippen LogP contribution in [-0.4, -0.2) is 10.7 Å². The van der Waals surface area contributed by atoms with Gasteiger partial charge in [0, 0.05) is 0 Å². The summed E-state index contributed by atoms with van der Waals surface area (Å²) in [5.74, 6) is 2.07. The third kappa shape index (κ3) is 2.20. The quantitative estimate of drug-likeness (QED) is 0.667. The van der Waals surface area contributed by atoms with E-state index in [-0.39, 0.29) is 0 Å². The van der Waals surface area contributed by atoms with Crippen molar-refractivity contribution in [1.29, 1.82) is 0 Å². The van der Waals surface area contributed by atoms with Crippen LogP contribution < -0.4 is 0 Å². The molecule has 2 rings (SSSR count). The number of aliphatic hydroxyl groups is 1. The zero-order chi connectivity index (χ0) is 11.9. The highest BCUT2D eigenvalue weighted by atomic mass is 16.3. The van der Waals surface area contributed by atoms with E-state index in [0.29, 0.717) is 5.92 Å². The van der Waals surface area contributed by atoms with E-state index in [4.69, 9.17) is 0 Å².